The summed E-state index contributed by atoms with van der Waals surface area (Å²) in [4.78, 5) is 36.8. The van der Waals surface area contributed by atoms with Gasteiger partial charge in [0.15, 0.2) is 0 Å². The van der Waals surface area contributed by atoms with Crippen LogP contribution in [-0.2, 0) is 16.6 Å². The van der Waals surface area contributed by atoms with Gasteiger partial charge in [-0.25, -0.2) is 13.4 Å². The average Bonchev–Trinajstić information content (AvgIpc) is 3.61. The maximum absolute atomic E-state index is 13.2. The van der Waals surface area contributed by atoms with Crippen LogP contribution >= 0.6 is 11.3 Å². The molecule has 0 atom stereocenters. The molecule has 0 aliphatic heterocycles. The molecule has 2 heterocycles. The zero-order valence-electron chi connectivity index (χ0n) is 21.7. The minimum atomic E-state index is -3.81. The van der Waals surface area contributed by atoms with Gasteiger partial charge in [-0.3, -0.25) is 24.6 Å². The Hall–Kier alpha value is -4.55. The molecule has 0 radical (unpaired) electrons. The molecule has 10 nitrogen and oxygen atoms in total. The standard InChI is InChI=1S/C28H26N6O4S2/c1-3-14-34-24-13-12-21(33(2)27(36)25-17-29-18-39-25)16-23(24)30-28(34)31-26(35)19-8-7-9-20(15-19)32-40(37,38)22-10-5-4-6-11-22/h4-13,15-18,32H,3,14H2,1-2H3,(H,30,31,35). The molecule has 0 saturated heterocycles. The van der Waals surface area contributed by atoms with Crippen molar-refractivity contribution < 1.29 is 18.0 Å². The number of fused-ring (bicyclic) bond motifs is 1. The van der Waals surface area contributed by atoms with Crippen molar-refractivity contribution in [2.45, 2.75) is 24.8 Å². The van der Waals surface area contributed by atoms with Gasteiger partial charge in [-0.1, -0.05) is 31.2 Å². The number of carbonyl (C=O) groups is 2. The Bertz CT molecular complexity index is 1780. The van der Waals surface area contributed by atoms with Gasteiger partial charge < -0.3 is 9.47 Å². The highest BCUT2D eigenvalue weighted by Gasteiger charge is 2.19. The van der Waals surface area contributed by atoms with Crippen molar-refractivity contribution >= 4 is 61.5 Å². The molecule has 5 aromatic rings. The summed E-state index contributed by atoms with van der Waals surface area (Å²) in [5.74, 6) is -0.261. The fourth-order valence-corrected chi connectivity index (χ4v) is 5.85. The second kappa shape index (κ2) is 11.3. The minimum absolute atomic E-state index is 0.122. The minimum Gasteiger partial charge on any atom is -0.311 e. The van der Waals surface area contributed by atoms with E-state index < -0.39 is 15.9 Å². The summed E-state index contributed by atoms with van der Waals surface area (Å²) in [5, 5.41) is 2.87. The summed E-state index contributed by atoms with van der Waals surface area (Å²) in [6.07, 6.45) is 2.34. The number of hydrogen-bond acceptors (Lipinski definition) is 7. The predicted octanol–water partition coefficient (Wildman–Crippen LogP) is 5.23. The fourth-order valence-electron chi connectivity index (χ4n) is 4.19. The van der Waals surface area contributed by atoms with E-state index in [1.165, 1.54) is 40.6 Å². The van der Waals surface area contributed by atoms with E-state index in [9.17, 15) is 18.0 Å². The zero-order valence-corrected chi connectivity index (χ0v) is 23.4. The lowest BCUT2D eigenvalue weighted by molar-refractivity contribution is 0.0994. The summed E-state index contributed by atoms with van der Waals surface area (Å²) in [6, 6.07) is 19.8. The first-order valence-corrected chi connectivity index (χ1v) is 14.8. The first-order chi connectivity index (χ1) is 19.3. The summed E-state index contributed by atoms with van der Waals surface area (Å²) < 4.78 is 29.9. The molecule has 2 amide bonds. The molecule has 2 aromatic heterocycles. The summed E-state index contributed by atoms with van der Waals surface area (Å²) in [7, 11) is -2.12. The van der Waals surface area contributed by atoms with E-state index in [1.807, 2.05) is 23.6 Å². The molecule has 0 unspecified atom stereocenters. The van der Waals surface area contributed by atoms with Gasteiger partial charge in [-0.05, 0) is 55.0 Å². The van der Waals surface area contributed by atoms with Gasteiger partial charge in [0, 0.05) is 30.5 Å². The lowest BCUT2D eigenvalue weighted by atomic mass is 10.2. The maximum Gasteiger partial charge on any atom is 0.269 e. The highest BCUT2D eigenvalue weighted by atomic mass is 32.2. The number of thiazole rings is 1. The summed E-state index contributed by atoms with van der Waals surface area (Å²) >= 11 is 1.27. The largest absolute Gasteiger partial charge is 0.311 e. The number of benzene rings is 3. The third-order valence-electron chi connectivity index (χ3n) is 6.17. The Morgan fingerprint density at radius 1 is 1.02 bits per heavy atom. The Labute approximate surface area is 235 Å². The molecule has 0 aliphatic rings. The third-order valence-corrected chi connectivity index (χ3v) is 8.33. The second-order valence-corrected chi connectivity index (χ2v) is 11.5. The molecular formula is C28H26N6O4S2. The number of aryl methyl sites for hydroxylation is 1. The van der Waals surface area contributed by atoms with E-state index in [1.54, 1.807) is 55.0 Å². The number of imidazole rings is 1. The van der Waals surface area contributed by atoms with Crippen LogP contribution in [0.5, 0.6) is 0 Å². The quantitative estimate of drug-likeness (QED) is 0.248. The Morgan fingerprint density at radius 3 is 2.55 bits per heavy atom. The van der Waals surface area contributed by atoms with Crippen molar-refractivity contribution in [3.05, 3.63) is 94.9 Å². The molecule has 40 heavy (non-hydrogen) atoms. The Balaban J connectivity index is 1.39. The number of hydrogen-bond donors (Lipinski definition) is 2. The molecule has 0 aliphatic carbocycles. The van der Waals surface area contributed by atoms with Crippen LogP contribution in [0.15, 0.2) is 89.4 Å². The van der Waals surface area contributed by atoms with Crippen LogP contribution in [0.4, 0.5) is 17.3 Å². The highest BCUT2D eigenvalue weighted by molar-refractivity contribution is 7.92. The molecule has 0 fully saturated rings. The van der Waals surface area contributed by atoms with Crippen LogP contribution in [0.2, 0.25) is 0 Å². The number of carbonyl (C=O) groups excluding carboxylic acids is 2. The van der Waals surface area contributed by atoms with Crippen molar-refractivity contribution in [2.75, 3.05) is 22.0 Å². The van der Waals surface area contributed by atoms with Crippen LogP contribution in [-0.4, -0.2) is 41.8 Å². The van der Waals surface area contributed by atoms with Crippen LogP contribution in [0.1, 0.15) is 33.4 Å². The Morgan fingerprint density at radius 2 is 1.82 bits per heavy atom. The number of rotatable bonds is 9. The van der Waals surface area contributed by atoms with Gasteiger partial charge in [-0.15, -0.1) is 11.3 Å². The predicted molar refractivity (Wildman–Crippen MR) is 157 cm³/mol. The van der Waals surface area contributed by atoms with Gasteiger partial charge >= 0.3 is 0 Å². The molecular weight excluding hydrogens is 548 g/mol. The van der Waals surface area contributed by atoms with Crippen molar-refractivity contribution in [1.29, 1.82) is 0 Å². The molecule has 0 saturated carbocycles. The Kier molecular flexibility index (Phi) is 7.63. The van der Waals surface area contributed by atoms with Crippen molar-refractivity contribution in [1.82, 2.24) is 14.5 Å². The monoisotopic (exact) mass is 574 g/mol. The van der Waals surface area contributed by atoms with Gasteiger partial charge in [0.25, 0.3) is 21.8 Å². The highest BCUT2D eigenvalue weighted by Crippen LogP contribution is 2.27. The molecule has 0 bridgehead atoms. The van der Waals surface area contributed by atoms with Gasteiger partial charge in [0.1, 0.15) is 4.88 Å². The van der Waals surface area contributed by atoms with E-state index in [4.69, 9.17) is 0 Å². The van der Waals surface area contributed by atoms with Crippen LogP contribution in [0.25, 0.3) is 11.0 Å². The third kappa shape index (κ3) is 5.58. The fraction of sp³-hybridized carbons (Fsp3) is 0.143. The topological polar surface area (TPSA) is 126 Å². The van der Waals surface area contributed by atoms with Crippen LogP contribution in [0.3, 0.4) is 0 Å². The van der Waals surface area contributed by atoms with Crippen molar-refractivity contribution in [2.24, 2.45) is 0 Å². The molecule has 12 heteroatoms. The van der Waals surface area contributed by atoms with E-state index in [0.717, 1.165) is 11.9 Å². The lowest BCUT2D eigenvalue weighted by Crippen LogP contribution is -2.25. The van der Waals surface area contributed by atoms with Gasteiger partial charge in [-0.2, -0.15) is 0 Å². The molecule has 2 N–H and O–H groups in total. The van der Waals surface area contributed by atoms with Crippen molar-refractivity contribution in [3.63, 3.8) is 0 Å². The summed E-state index contributed by atoms with van der Waals surface area (Å²) in [6.45, 7) is 2.63. The molecule has 204 valence electrons. The number of amides is 2. The zero-order chi connectivity index (χ0) is 28.3. The lowest BCUT2D eigenvalue weighted by Gasteiger charge is -2.16. The molecule has 3 aromatic carbocycles. The van der Waals surface area contributed by atoms with Gasteiger partial charge in [0.2, 0.25) is 5.95 Å². The van der Waals surface area contributed by atoms with Gasteiger partial charge in [0.05, 0.1) is 27.6 Å². The number of nitrogens with one attached hydrogen (secondary N) is 2. The number of sulfonamides is 1. The smallest absolute Gasteiger partial charge is 0.269 e. The first kappa shape index (κ1) is 27.0. The van der Waals surface area contributed by atoms with E-state index in [-0.39, 0.29) is 22.1 Å². The molecule has 0 spiro atoms. The normalized spacial score (nSPS) is 11.3. The average molecular weight is 575 g/mol. The number of nitrogens with zero attached hydrogens (tertiary/aromatic N) is 4. The van der Waals surface area contributed by atoms with E-state index in [0.29, 0.717) is 28.6 Å². The van der Waals surface area contributed by atoms with E-state index in [2.05, 4.69) is 20.0 Å². The SMILES string of the molecule is CCCn1c(NC(=O)c2cccc(NS(=O)(=O)c3ccccc3)c2)nc2cc(N(C)C(=O)c3cncs3)ccc21. The van der Waals surface area contributed by atoms with Crippen molar-refractivity contribution in [3.8, 4) is 0 Å². The second-order valence-electron chi connectivity index (χ2n) is 8.94. The van der Waals surface area contributed by atoms with Crippen LogP contribution < -0.4 is 14.9 Å². The first-order valence-electron chi connectivity index (χ1n) is 12.4. The maximum atomic E-state index is 13.2. The van der Waals surface area contributed by atoms with E-state index >= 15 is 0 Å². The summed E-state index contributed by atoms with van der Waals surface area (Å²) in [5.41, 5.74) is 4.22. The number of aromatic nitrogens is 3. The number of anilines is 3. The van der Waals surface area contributed by atoms with Crippen LogP contribution in [0, 0.1) is 0 Å². The molecule has 5 rings (SSSR count).